The van der Waals surface area contributed by atoms with Crippen molar-refractivity contribution in [3.05, 3.63) is 95.2 Å². The lowest BCUT2D eigenvalue weighted by molar-refractivity contribution is 0.558. The molecule has 3 aromatic carbocycles. The van der Waals surface area contributed by atoms with Gasteiger partial charge in [0.1, 0.15) is 6.92 Å². The molecule has 0 spiro atoms. The van der Waals surface area contributed by atoms with Gasteiger partial charge in [0.15, 0.2) is 0 Å². The maximum atomic E-state index is 6.05. The van der Waals surface area contributed by atoms with E-state index in [4.69, 9.17) is 27.9 Å². The first-order chi connectivity index (χ1) is 12.6. The van der Waals surface area contributed by atoms with E-state index >= 15 is 0 Å². The predicted molar refractivity (Wildman–Crippen MR) is 116 cm³/mol. The lowest BCUT2D eigenvalue weighted by Crippen LogP contribution is -2.17. The van der Waals surface area contributed by atoms with Crippen LogP contribution < -0.4 is 10.2 Å². The molecule has 0 amide bonds. The van der Waals surface area contributed by atoms with Crippen LogP contribution in [0.5, 0.6) is 0 Å². The summed E-state index contributed by atoms with van der Waals surface area (Å²) in [5, 5.41) is 1.72. The van der Waals surface area contributed by atoms with E-state index in [-0.39, 0.29) is 0 Å². The highest BCUT2D eigenvalue weighted by atomic mass is 35.5. The summed E-state index contributed by atoms with van der Waals surface area (Å²) in [6.07, 6.45) is 1.83. The number of para-hydroxylation sites is 2. The van der Waals surface area contributed by atoms with Crippen LogP contribution in [0.15, 0.2) is 79.1 Å². The summed E-state index contributed by atoms with van der Waals surface area (Å²) >= 11 is 11.6. The Labute approximate surface area is 164 Å². The zero-order chi connectivity index (χ0) is 18.1. The molecule has 2 nitrogen and oxygen atoms in total. The Morgan fingerprint density at radius 1 is 0.885 bits per heavy atom. The van der Waals surface area contributed by atoms with Gasteiger partial charge in [-0.15, -0.1) is 0 Å². The fourth-order valence-electron chi connectivity index (χ4n) is 3.16. The molecule has 1 unspecified atom stereocenters. The van der Waals surface area contributed by atoms with E-state index in [0.717, 1.165) is 33.4 Å². The Kier molecular flexibility index (Phi) is 4.86. The molecule has 1 atom stereocenters. The van der Waals surface area contributed by atoms with Crippen LogP contribution in [0.3, 0.4) is 0 Å². The third kappa shape index (κ3) is 3.19. The molecule has 0 aliphatic carbocycles. The van der Waals surface area contributed by atoms with Crippen molar-refractivity contribution >= 4 is 52.6 Å². The van der Waals surface area contributed by atoms with Crippen LogP contribution in [0.1, 0.15) is 11.1 Å². The first-order valence-electron chi connectivity index (χ1n) is 8.24. The minimum Gasteiger partial charge on any atom is -0.472 e. The lowest BCUT2D eigenvalue weighted by atomic mass is 9.91. The first kappa shape index (κ1) is 17.4. The summed E-state index contributed by atoms with van der Waals surface area (Å²) < 4.78 is 6.05. The van der Waals surface area contributed by atoms with Crippen LogP contribution in [-0.2, 0) is 16.3 Å². The molecule has 1 aliphatic heterocycles. The summed E-state index contributed by atoms with van der Waals surface area (Å²) in [7, 11) is 2.09. The van der Waals surface area contributed by atoms with Crippen molar-refractivity contribution in [2.45, 2.75) is 0 Å². The van der Waals surface area contributed by atoms with Gasteiger partial charge >= 0.3 is 0 Å². The fraction of sp³-hybridized carbons (Fsp3) is 0.0476. The zero-order valence-corrected chi connectivity index (χ0v) is 16.7. The van der Waals surface area contributed by atoms with Crippen molar-refractivity contribution < 1.29 is 4.52 Å². The van der Waals surface area contributed by atoms with E-state index in [0.29, 0.717) is 5.02 Å². The number of anilines is 2. The van der Waals surface area contributed by atoms with Crippen molar-refractivity contribution in [2.24, 2.45) is 0 Å². The van der Waals surface area contributed by atoms with E-state index in [9.17, 15) is 0 Å². The minimum atomic E-state index is -1.56. The monoisotopic (exact) mass is 397 g/mol. The molecule has 26 heavy (non-hydrogen) atoms. The molecule has 5 heteroatoms. The van der Waals surface area contributed by atoms with Crippen LogP contribution in [0, 0.1) is 0 Å². The average molecular weight is 398 g/mol. The van der Waals surface area contributed by atoms with Gasteiger partial charge < -0.3 is 9.42 Å². The number of hydrogen-bond donors (Lipinski definition) is 0. The summed E-state index contributed by atoms with van der Waals surface area (Å²) in [6, 6.07) is 24.3. The highest BCUT2D eigenvalue weighted by Gasteiger charge is 2.23. The van der Waals surface area contributed by atoms with Gasteiger partial charge in [-0.05, 0) is 36.4 Å². The normalized spacial score (nSPS) is 13.6. The molecule has 0 fully saturated rings. The topological polar surface area (TPSA) is 12.5 Å². The Bertz CT molecular complexity index is 967. The molecule has 0 saturated heterocycles. The second kappa shape index (κ2) is 7.28. The van der Waals surface area contributed by atoms with Gasteiger partial charge in [-0.2, -0.15) is 0 Å². The Morgan fingerprint density at radius 3 is 2.00 bits per heavy atom. The molecule has 0 aromatic heterocycles. The van der Waals surface area contributed by atoms with E-state index in [1.54, 1.807) is 0 Å². The number of rotatable bonds is 3. The second-order valence-corrected chi connectivity index (χ2v) is 8.97. The Hall–Kier alpha value is -2.06. The molecule has 130 valence electrons. The van der Waals surface area contributed by atoms with Crippen molar-refractivity contribution in [1.82, 2.24) is 0 Å². The quantitative estimate of drug-likeness (QED) is 0.413. The molecule has 4 rings (SSSR count). The van der Waals surface area contributed by atoms with Crippen molar-refractivity contribution in [3.63, 3.8) is 0 Å². The SMILES string of the molecule is CN1c2ccccc2C(=CO[PH](=S)c2ccc(Cl)cc2)c2ccccc21. The lowest BCUT2D eigenvalue weighted by Gasteiger charge is -2.31. The third-order valence-corrected chi connectivity index (χ3v) is 6.86. The number of nitrogens with zero attached hydrogens (tertiary/aromatic N) is 1. The maximum Gasteiger partial charge on any atom is 0.130 e. The number of hydrogen-bond acceptors (Lipinski definition) is 3. The second-order valence-electron chi connectivity index (χ2n) is 6.04. The van der Waals surface area contributed by atoms with Gasteiger partial charge in [0.05, 0.1) is 6.26 Å². The average Bonchev–Trinajstić information content (AvgIpc) is 2.68. The van der Waals surface area contributed by atoms with E-state index < -0.39 is 6.92 Å². The minimum absolute atomic E-state index is 0.704. The molecule has 1 heterocycles. The molecule has 1 aliphatic rings. The molecule has 0 saturated carbocycles. The highest BCUT2D eigenvalue weighted by Crippen LogP contribution is 2.44. The van der Waals surface area contributed by atoms with E-state index in [1.807, 2.05) is 42.7 Å². The number of fused-ring (bicyclic) bond motifs is 2. The predicted octanol–water partition coefficient (Wildman–Crippen LogP) is 5.74. The van der Waals surface area contributed by atoms with Crippen LogP contribution in [0.25, 0.3) is 5.57 Å². The summed E-state index contributed by atoms with van der Waals surface area (Å²) in [4.78, 5) is 2.21. The van der Waals surface area contributed by atoms with Crippen LogP contribution >= 0.6 is 18.5 Å². The molecule has 0 bridgehead atoms. The van der Waals surface area contributed by atoms with Gasteiger partial charge in [0.25, 0.3) is 0 Å². The van der Waals surface area contributed by atoms with Crippen molar-refractivity contribution in [2.75, 3.05) is 11.9 Å². The molecule has 0 N–H and O–H groups in total. The van der Waals surface area contributed by atoms with Crippen LogP contribution in [0.2, 0.25) is 5.02 Å². The maximum absolute atomic E-state index is 6.05. The summed E-state index contributed by atoms with van der Waals surface area (Å²) in [5.41, 5.74) is 5.68. The standard InChI is InChI=1S/C21H17ClNOPS/c1-23-20-8-4-2-6-17(20)19(18-7-3-5-9-21(18)23)14-24-25(26)16-12-10-15(22)11-13-16/h2-14,25H,1H3. The highest BCUT2D eigenvalue weighted by molar-refractivity contribution is 8.06. The largest absolute Gasteiger partial charge is 0.472 e. The van der Waals surface area contributed by atoms with Gasteiger partial charge in [0, 0.05) is 45.4 Å². The van der Waals surface area contributed by atoms with Gasteiger partial charge in [-0.25, -0.2) is 0 Å². The van der Waals surface area contributed by atoms with Crippen molar-refractivity contribution in [3.8, 4) is 0 Å². The summed E-state index contributed by atoms with van der Waals surface area (Å²) in [5.74, 6) is 0. The van der Waals surface area contributed by atoms with Crippen LogP contribution in [0.4, 0.5) is 11.4 Å². The smallest absolute Gasteiger partial charge is 0.130 e. The number of benzene rings is 3. The number of halogens is 1. The molecular formula is C21H17ClNOPS. The van der Waals surface area contributed by atoms with Gasteiger partial charge in [-0.1, -0.05) is 59.8 Å². The van der Waals surface area contributed by atoms with E-state index in [2.05, 4.69) is 48.3 Å². The van der Waals surface area contributed by atoms with Crippen LogP contribution in [-0.4, -0.2) is 7.05 Å². The third-order valence-electron chi connectivity index (χ3n) is 4.47. The molecule has 3 aromatic rings. The van der Waals surface area contributed by atoms with Gasteiger partial charge in [0.2, 0.25) is 0 Å². The molecular weight excluding hydrogens is 381 g/mol. The Balaban J connectivity index is 1.74. The fourth-order valence-corrected chi connectivity index (χ4v) is 4.63. The van der Waals surface area contributed by atoms with Crippen molar-refractivity contribution in [1.29, 1.82) is 0 Å². The van der Waals surface area contributed by atoms with Gasteiger partial charge in [-0.3, -0.25) is 0 Å². The molecule has 0 radical (unpaired) electrons. The summed E-state index contributed by atoms with van der Waals surface area (Å²) in [6.45, 7) is -1.56. The zero-order valence-electron chi connectivity index (χ0n) is 14.1. The van der Waals surface area contributed by atoms with E-state index in [1.165, 1.54) is 0 Å². The first-order valence-corrected chi connectivity index (χ1v) is 11.2. The Morgan fingerprint density at radius 2 is 1.42 bits per heavy atom.